The first kappa shape index (κ1) is 43.2. The zero-order chi connectivity index (χ0) is 44.9. The number of benzene rings is 6. The monoisotopic (exact) mass is 866 g/mol. The van der Waals surface area contributed by atoms with Crippen LogP contribution < -0.4 is 15.4 Å². The minimum Gasteiger partial charge on any atom is -0.491 e. The Morgan fingerprint density at radius 2 is 1.49 bits per heavy atom. The second-order valence-corrected chi connectivity index (χ2v) is 16.7. The van der Waals surface area contributed by atoms with E-state index in [9.17, 15) is 10.2 Å². The predicted octanol–water partition coefficient (Wildman–Crippen LogP) is 6.66. The molecule has 0 aliphatic carbocycles. The summed E-state index contributed by atoms with van der Waals surface area (Å²) >= 11 is 0. The van der Waals surface area contributed by atoms with Gasteiger partial charge in [0, 0.05) is 29.9 Å². The summed E-state index contributed by atoms with van der Waals surface area (Å²) in [6, 6.07) is 47.9. The number of amides is 2. The summed E-state index contributed by atoms with van der Waals surface area (Å²) in [5.41, 5.74) is 3.60. The van der Waals surface area contributed by atoms with E-state index in [1.165, 1.54) is 0 Å². The van der Waals surface area contributed by atoms with E-state index < -0.39 is 59.5 Å². The number of anilines is 1. The number of morpholine rings is 1. The maximum absolute atomic E-state index is 15.6. The molecule has 0 saturated carbocycles. The number of ether oxygens (including phenoxy) is 2. The zero-order valence-corrected chi connectivity index (χ0v) is 35.9. The van der Waals surface area contributed by atoms with Crippen molar-refractivity contribution in [2.24, 2.45) is 5.92 Å². The summed E-state index contributed by atoms with van der Waals surface area (Å²) in [5.74, 6) is 3.82. The van der Waals surface area contributed by atoms with Crippen LogP contribution >= 0.6 is 0 Å². The Balaban J connectivity index is 1.25. The lowest BCUT2D eigenvalue weighted by atomic mass is 9.65. The largest absolute Gasteiger partial charge is 0.491 e. The Bertz CT molecular complexity index is 2710. The number of esters is 1. The van der Waals surface area contributed by atoms with Gasteiger partial charge in [-0.3, -0.25) is 24.2 Å². The molecule has 9 rings (SSSR count). The van der Waals surface area contributed by atoms with Crippen molar-refractivity contribution in [2.45, 2.75) is 42.3 Å². The molecule has 1 spiro atoms. The Morgan fingerprint density at radius 3 is 2.20 bits per heavy atom. The van der Waals surface area contributed by atoms with Gasteiger partial charge in [-0.05, 0) is 59.1 Å². The molecule has 0 bridgehead atoms. The molecule has 65 heavy (non-hydrogen) atoms. The molecule has 11 heteroatoms. The number of carbonyl (C=O) groups is 3. The highest BCUT2D eigenvalue weighted by atomic mass is 16.6. The van der Waals surface area contributed by atoms with Crippen LogP contribution in [0.2, 0.25) is 0 Å². The second kappa shape index (κ2) is 19.0. The molecule has 6 aromatic carbocycles. The maximum atomic E-state index is 15.6. The first-order valence-corrected chi connectivity index (χ1v) is 21.9. The predicted molar refractivity (Wildman–Crippen MR) is 246 cm³/mol. The maximum Gasteiger partial charge on any atom is 0.324 e. The third-order valence-corrected chi connectivity index (χ3v) is 12.7. The van der Waals surface area contributed by atoms with E-state index in [0.717, 1.165) is 16.7 Å². The summed E-state index contributed by atoms with van der Waals surface area (Å²) in [4.78, 5) is 50.4. The van der Waals surface area contributed by atoms with Gasteiger partial charge in [-0.25, -0.2) is 0 Å². The number of carbonyl (C=O) groups excluding carboxylic acids is 3. The van der Waals surface area contributed by atoms with Crippen molar-refractivity contribution in [1.82, 2.24) is 15.1 Å². The van der Waals surface area contributed by atoms with Crippen molar-refractivity contribution in [1.29, 1.82) is 0 Å². The molecule has 3 heterocycles. The van der Waals surface area contributed by atoms with E-state index in [1.54, 1.807) is 36.4 Å². The average Bonchev–Trinajstić information content (AvgIpc) is 3.82. The van der Waals surface area contributed by atoms with E-state index in [4.69, 9.17) is 9.47 Å². The number of nitrogens with zero attached hydrogens (tertiary/aromatic N) is 2. The number of cyclic esters (lactones) is 1. The van der Waals surface area contributed by atoms with Crippen molar-refractivity contribution in [3.8, 4) is 17.6 Å². The number of para-hydroxylation sites is 1. The fourth-order valence-corrected chi connectivity index (χ4v) is 9.96. The van der Waals surface area contributed by atoms with Crippen LogP contribution in [0.1, 0.15) is 63.2 Å². The molecule has 0 unspecified atom stereocenters. The summed E-state index contributed by atoms with van der Waals surface area (Å²) in [7, 11) is 2.00. The number of aliphatic hydroxyl groups is 2. The smallest absolute Gasteiger partial charge is 0.324 e. The van der Waals surface area contributed by atoms with Gasteiger partial charge < -0.3 is 30.3 Å². The molecule has 7 atom stereocenters. The zero-order valence-electron chi connectivity index (χ0n) is 35.9. The molecule has 2 saturated heterocycles. The lowest BCUT2D eigenvalue weighted by Crippen LogP contribution is -2.55. The van der Waals surface area contributed by atoms with Crippen LogP contribution in [-0.2, 0) is 31.1 Å². The van der Waals surface area contributed by atoms with Gasteiger partial charge in [-0.15, -0.1) is 0 Å². The number of fused-ring (bicyclic) bond motifs is 3. The molecule has 328 valence electrons. The first-order chi connectivity index (χ1) is 31.8. The highest BCUT2D eigenvalue weighted by Gasteiger charge is 2.74. The lowest BCUT2D eigenvalue weighted by molar-refractivity contribution is -0.178. The number of hydrogen-bond acceptors (Lipinski definition) is 9. The average molecular weight is 867 g/mol. The Kier molecular flexibility index (Phi) is 12.6. The topological polar surface area (TPSA) is 141 Å². The molecule has 0 radical (unpaired) electrons. The van der Waals surface area contributed by atoms with Gasteiger partial charge in [0.25, 0.3) is 0 Å². The highest BCUT2D eigenvalue weighted by molar-refractivity contribution is 6.12. The number of nitrogens with one attached hydrogen (secondary N) is 2. The van der Waals surface area contributed by atoms with Crippen LogP contribution in [0.25, 0.3) is 0 Å². The van der Waals surface area contributed by atoms with E-state index in [-0.39, 0.29) is 19.8 Å². The molecule has 11 nitrogen and oxygen atoms in total. The number of hydrogen-bond donors (Lipinski definition) is 4. The summed E-state index contributed by atoms with van der Waals surface area (Å²) in [6.45, 7) is 0.661. The van der Waals surface area contributed by atoms with Crippen molar-refractivity contribution in [2.75, 3.05) is 38.7 Å². The van der Waals surface area contributed by atoms with E-state index in [1.807, 2.05) is 127 Å². The summed E-state index contributed by atoms with van der Waals surface area (Å²) in [5, 5.41) is 27.5. The lowest BCUT2D eigenvalue weighted by Gasteiger charge is -2.46. The number of aliphatic hydroxyl groups excluding tert-OH is 2. The van der Waals surface area contributed by atoms with Gasteiger partial charge in [0.2, 0.25) is 11.8 Å². The molecule has 6 aromatic rings. The fraction of sp³-hybridized carbons (Fsp3) is 0.241. The highest BCUT2D eigenvalue weighted by Crippen LogP contribution is 2.65. The Labute approximate surface area is 378 Å². The van der Waals surface area contributed by atoms with Gasteiger partial charge in [0.05, 0.1) is 37.3 Å². The molecule has 2 amide bonds. The van der Waals surface area contributed by atoms with Gasteiger partial charge in [-0.2, -0.15) is 0 Å². The molecular formula is C54H50N4O7. The molecule has 3 aliphatic rings. The van der Waals surface area contributed by atoms with Crippen molar-refractivity contribution < 1.29 is 34.1 Å². The van der Waals surface area contributed by atoms with Crippen LogP contribution in [-0.4, -0.2) is 77.2 Å². The SMILES string of the molecule is CN(CC#Cc1ccc2c(c1)[C@]1(C(=O)N2)[C@H](C(=O)NC[C@H](O)c2ccccc2)[C@H]2C(=O)O[C@H](c3ccccc3)[C@H](c3ccccc3)N2[C@@H]1c1ccccc1OCCO)Cc1ccccc1. The van der Waals surface area contributed by atoms with Gasteiger partial charge >= 0.3 is 5.97 Å². The Morgan fingerprint density at radius 1 is 0.846 bits per heavy atom. The fourth-order valence-electron chi connectivity index (χ4n) is 9.96. The third kappa shape index (κ3) is 8.29. The van der Waals surface area contributed by atoms with Crippen molar-refractivity contribution >= 4 is 23.5 Å². The van der Waals surface area contributed by atoms with Crippen LogP contribution in [0.15, 0.2) is 164 Å². The van der Waals surface area contributed by atoms with Crippen molar-refractivity contribution in [3.63, 3.8) is 0 Å². The van der Waals surface area contributed by atoms with Crippen LogP contribution in [0, 0.1) is 17.8 Å². The van der Waals surface area contributed by atoms with E-state index in [2.05, 4.69) is 39.5 Å². The molecule has 3 aliphatic heterocycles. The van der Waals surface area contributed by atoms with Crippen LogP contribution in [0.3, 0.4) is 0 Å². The third-order valence-electron chi connectivity index (χ3n) is 12.7. The molecule has 4 N–H and O–H groups in total. The van der Waals surface area contributed by atoms with Crippen LogP contribution in [0.4, 0.5) is 5.69 Å². The Hall–Kier alpha value is -7.07. The van der Waals surface area contributed by atoms with Gasteiger partial charge in [0.15, 0.2) is 0 Å². The van der Waals surface area contributed by atoms with Gasteiger partial charge in [-0.1, -0.05) is 151 Å². The molecular weight excluding hydrogens is 817 g/mol. The van der Waals surface area contributed by atoms with Crippen molar-refractivity contribution in [3.05, 3.63) is 203 Å². The number of rotatable bonds is 13. The quantitative estimate of drug-likeness (QED) is 0.0742. The molecule has 2 fully saturated rings. The van der Waals surface area contributed by atoms with Gasteiger partial charge in [0.1, 0.15) is 29.9 Å². The van der Waals surface area contributed by atoms with E-state index in [0.29, 0.717) is 46.8 Å². The second-order valence-electron chi connectivity index (χ2n) is 16.7. The minimum absolute atomic E-state index is 0.0422. The standard InChI is InChI=1S/C54H50N4O7/c1-57(35-37-17-6-2-7-18-37)30-16-19-36-28-29-43-42(33-36)54(53(63)56-43)46(51(61)55-34-44(60)38-20-8-3-9-21-38)48-52(62)65-49(40-24-12-5-13-25-40)47(39-22-10-4-11-23-39)58(48)50(54)41-26-14-15-27-45(41)64-32-31-59/h2-15,17-18,20-29,33,44,46-50,59-60H,30-32,34-35H2,1H3,(H,55,61)(H,56,63)/t44-,46-,47-,48-,49+,50+,54-/m0/s1. The summed E-state index contributed by atoms with van der Waals surface area (Å²) < 4.78 is 12.8. The normalized spacial score (nSPS) is 22.6. The summed E-state index contributed by atoms with van der Waals surface area (Å²) in [6.07, 6.45) is -1.94. The van der Waals surface area contributed by atoms with Crippen LogP contribution in [0.5, 0.6) is 5.75 Å². The minimum atomic E-state index is -1.81. The molecule has 0 aromatic heterocycles. The first-order valence-electron chi connectivity index (χ1n) is 21.9. The van der Waals surface area contributed by atoms with E-state index >= 15 is 14.4 Å².